The molecule has 0 aliphatic heterocycles. The standard InChI is InChI=1S/C18H31O5P/c1-4-6-7-8-9-10-11-12-13-15-17(19)16(3)18(14-5-2)23-24(20,21)22/h5,9-13,15-19H,2,4,6-8,14H2,1,3H3,(H2,20,21,22)/b10-9+,12-11-,15-13-/t16-,17-,18-/m0/s1. The molecule has 0 spiro atoms. The van der Waals surface area contributed by atoms with Crippen molar-refractivity contribution in [2.75, 3.05) is 0 Å². The summed E-state index contributed by atoms with van der Waals surface area (Å²) < 4.78 is 15.7. The van der Waals surface area contributed by atoms with Gasteiger partial charge in [0, 0.05) is 5.92 Å². The van der Waals surface area contributed by atoms with Crippen molar-refractivity contribution >= 4 is 7.82 Å². The molecule has 3 atom stereocenters. The van der Waals surface area contributed by atoms with E-state index in [4.69, 9.17) is 14.3 Å². The highest BCUT2D eigenvalue weighted by molar-refractivity contribution is 7.46. The van der Waals surface area contributed by atoms with E-state index >= 15 is 0 Å². The van der Waals surface area contributed by atoms with Crippen molar-refractivity contribution in [1.29, 1.82) is 0 Å². The predicted molar refractivity (Wildman–Crippen MR) is 98.5 cm³/mol. The monoisotopic (exact) mass is 358 g/mol. The average molecular weight is 358 g/mol. The first-order valence-electron chi connectivity index (χ1n) is 8.34. The van der Waals surface area contributed by atoms with Crippen LogP contribution in [-0.4, -0.2) is 27.1 Å². The summed E-state index contributed by atoms with van der Waals surface area (Å²) >= 11 is 0. The fourth-order valence-electron chi connectivity index (χ4n) is 2.08. The summed E-state index contributed by atoms with van der Waals surface area (Å²) in [5, 5.41) is 10.1. The molecule has 0 aliphatic rings. The molecule has 138 valence electrons. The van der Waals surface area contributed by atoms with E-state index in [-0.39, 0.29) is 6.42 Å². The molecule has 0 rings (SSSR count). The third-order valence-electron chi connectivity index (χ3n) is 3.55. The molecule has 6 heteroatoms. The first-order valence-corrected chi connectivity index (χ1v) is 9.87. The second-order valence-electron chi connectivity index (χ2n) is 5.70. The maximum absolute atomic E-state index is 11.0. The summed E-state index contributed by atoms with van der Waals surface area (Å²) in [7, 11) is -4.60. The molecule has 0 unspecified atom stereocenters. The minimum absolute atomic E-state index is 0.244. The van der Waals surface area contributed by atoms with E-state index in [1.165, 1.54) is 25.3 Å². The van der Waals surface area contributed by atoms with Crippen molar-refractivity contribution in [1.82, 2.24) is 0 Å². The Morgan fingerprint density at radius 2 is 1.83 bits per heavy atom. The lowest BCUT2D eigenvalue weighted by Gasteiger charge is -2.25. The van der Waals surface area contributed by atoms with Crippen molar-refractivity contribution in [2.45, 2.75) is 58.2 Å². The highest BCUT2D eigenvalue weighted by atomic mass is 31.2. The number of unbranched alkanes of at least 4 members (excludes halogenated alkanes) is 3. The average Bonchev–Trinajstić information content (AvgIpc) is 2.50. The van der Waals surface area contributed by atoms with E-state index in [9.17, 15) is 9.67 Å². The number of phosphoric ester groups is 1. The number of hydrogen-bond acceptors (Lipinski definition) is 3. The van der Waals surface area contributed by atoms with Crippen LogP contribution in [0.4, 0.5) is 0 Å². The van der Waals surface area contributed by atoms with Crippen LogP contribution in [0.3, 0.4) is 0 Å². The Balaban J connectivity index is 4.41. The number of rotatable bonds is 13. The quantitative estimate of drug-likeness (QED) is 0.198. The van der Waals surface area contributed by atoms with E-state index in [1.807, 2.05) is 12.2 Å². The van der Waals surface area contributed by atoms with E-state index < -0.39 is 25.9 Å². The molecule has 0 fully saturated rings. The van der Waals surface area contributed by atoms with Crippen molar-refractivity contribution in [3.05, 3.63) is 49.1 Å². The normalized spacial score (nSPS) is 16.9. The van der Waals surface area contributed by atoms with Crippen LogP contribution in [0, 0.1) is 5.92 Å². The Hall–Kier alpha value is -0.970. The van der Waals surface area contributed by atoms with E-state index in [2.05, 4.69) is 19.6 Å². The van der Waals surface area contributed by atoms with E-state index in [0.717, 1.165) is 6.42 Å². The van der Waals surface area contributed by atoms with Crippen LogP contribution in [0.1, 0.15) is 46.0 Å². The lowest BCUT2D eigenvalue weighted by atomic mass is 9.95. The molecular formula is C18H31O5P. The molecule has 24 heavy (non-hydrogen) atoms. The summed E-state index contributed by atoms with van der Waals surface area (Å²) in [6.07, 6.45) is 15.8. The largest absolute Gasteiger partial charge is 0.469 e. The summed E-state index contributed by atoms with van der Waals surface area (Å²) in [5.41, 5.74) is 0. The minimum atomic E-state index is -4.60. The molecule has 0 saturated heterocycles. The smallest absolute Gasteiger partial charge is 0.389 e. The highest BCUT2D eigenvalue weighted by Crippen LogP contribution is 2.40. The van der Waals surface area contributed by atoms with Gasteiger partial charge in [-0.05, 0) is 19.3 Å². The van der Waals surface area contributed by atoms with Gasteiger partial charge in [0.15, 0.2) is 0 Å². The minimum Gasteiger partial charge on any atom is -0.389 e. The van der Waals surface area contributed by atoms with Gasteiger partial charge < -0.3 is 14.9 Å². The molecule has 0 heterocycles. The first-order chi connectivity index (χ1) is 11.3. The zero-order valence-corrected chi connectivity index (χ0v) is 15.5. The van der Waals surface area contributed by atoms with Crippen LogP contribution in [0.5, 0.6) is 0 Å². The van der Waals surface area contributed by atoms with Crippen molar-refractivity contribution in [3.63, 3.8) is 0 Å². The maximum Gasteiger partial charge on any atom is 0.469 e. The van der Waals surface area contributed by atoms with Gasteiger partial charge >= 0.3 is 7.82 Å². The van der Waals surface area contributed by atoms with Crippen molar-refractivity contribution in [2.24, 2.45) is 5.92 Å². The summed E-state index contributed by atoms with van der Waals surface area (Å²) in [6.45, 7) is 7.39. The Kier molecular flexibility index (Phi) is 12.8. The summed E-state index contributed by atoms with van der Waals surface area (Å²) in [5.74, 6) is -0.482. The zero-order chi connectivity index (χ0) is 18.4. The predicted octanol–water partition coefficient (Wildman–Crippen LogP) is 4.29. The number of phosphoric acid groups is 1. The van der Waals surface area contributed by atoms with Crippen LogP contribution in [0.15, 0.2) is 49.1 Å². The molecule has 0 bridgehead atoms. The molecule has 0 radical (unpaired) electrons. The topological polar surface area (TPSA) is 87.0 Å². The lowest BCUT2D eigenvalue weighted by molar-refractivity contribution is 0.0420. The van der Waals surface area contributed by atoms with Crippen molar-refractivity contribution in [3.8, 4) is 0 Å². The number of aliphatic hydroxyl groups is 1. The van der Waals surface area contributed by atoms with Gasteiger partial charge in [-0.1, -0.05) is 69.2 Å². The number of aliphatic hydroxyl groups excluding tert-OH is 1. The van der Waals surface area contributed by atoms with Gasteiger partial charge in [0.2, 0.25) is 0 Å². The van der Waals surface area contributed by atoms with Crippen molar-refractivity contribution < 1.29 is 24.0 Å². The van der Waals surface area contributed by atoms with Gasteiger partial charge in [0.1, 0.15) is 0 Å². The fraction of sp³-hybridized carbons (Fsp3) is 0.556. The number of allylic oxidation sites excluding steroid dienone is 5. The van der Waals surface area contributed by atoms with Crippen LogP contribution in [0.25, 0.3) is 0 Å². The molecule has 0 aromatic heterocycles. The maximum atomic E-state index is 11.0. The molecule has 0 saturated carbocycles. The zero-order valence-electron chi connectivity index (χ0n) is 14.6. The van der Waals surface area contributed by atoms with Crippen LogP contribution in [-0.2, 0) is 9.09 Å². The SMILES string of the molecule is C=CC[C@H](OP(=O)(O)O)[C@@H](C)[C@@H](O)\C=C/C=C\C=C\CCCCC. The van der Waals surface area contributed by atoms with Crippen LogP contribution < -0.4 is 0 Å². The Bertz CT molecular complexity index is 464. The summed E-state index contributed by atoms with van der Waals surface area (Å²) in [6, 6.07) is 0. The summed E-state index contributed by atoms with van der Waals surface area (Å²) in [4.78, 5) is 17.9. The van der Waals surface area contributed by atoms with Gasteiger partial charge in [-0.25, -0.2) is 4.57 Å². The van der Waals surface area contributed by atoms with Gasteiger partial charge in [-0.3, -0.25) is 4.52 Å². The molecular weight excluding hydrogens is 327 g/mol. The second-order valence-corrected chi connectivity index (χ2v) is 6.89. The number of hydrogen-bond donors (Lipinski definition) is 3. The Morgan fingerprint density at radius 3 is 2.42 bits per heavy atom. The van der Waals surface area contributed by atoms with Crippen LogP contribution >= 0.6 is 7.82 Å². The molecule has 5 nitrogen and oxygen atoms in total. The first kappa shape index (κ1) is 23.0. The van der Waals surface area contributed by atoms with Gasteiger partial charge in [-0.15, -0.1) is 6.58 Å². The fourth-order valence-corrected chi connectivity index (χ4v) is 2.71. The third-order valence-corrected chi connectivity index (χ3v) is 4.09. The molecule has 0 aromatic rings. The Labute approximate surface area is 145 Å². The van der Waals surface area contributed by atoms with Gasteiger partial charge in [-0.2, -0.15) is 0 Å². The third kappa shape index (κ3) is 12.5. The van der Waals surface area contributed by atoms with Gasteiger partial charge in [0.25, 0.3) is 0 Å². The van der Waals surface area contributed by atoms with E-state index in [0.29, 0.717) is 0 Å². The molecule has 0 aliphatic carbocycles. The van der Waals surface area contributed by atoms with Crippen LogP contribution in [0.2, 0.25) is 0 Å². The molecule has 3 N–H and O–H groups in total. The lowest BCUT2D eigenvalue weighted by Crippen LogP contribution is -2.29. The molecule has 0 aromatic carbocycles. The Morgan fingerprint density at radius 1 is 1.17 bits per heavy atom. The highest BCUT2D eigenvalue weighted by Gasteiger charge is 2.29. The molecule has 0 amide bonds. The van der Waals surface area contributed by atoms with Gasteiger partial charge in [0.05, 0.1) is 12.2 Å². The second kappa shape index (κ2) is 13.3. The van der Waals surface area contributed by atoms with E-state index in [1.54, 1.807) is 25.2 Å².